The first kappa shape index (κ1) is 20.2. The van der Waals surface area contributed by atoms with Crippen LogP contribution in [0.3, 0.4) is 0 Å². The molecule has 2 N–H and O–H groups in total. The van der Waals surface area contributed by atoms with Gasteiger partial charge in [-0.2, -0.15) is 0 Å². The topological polar surface area (TPSA) is 98.4 Å². The molecule has 0 radical (unpaired) electrons. The standard InChI is InChI=1S/C26H21N5O3/c32-23(29-16-11-12-20-21(14-16)28-15-27-20)10-5-13-30-24-17-6-1-2-7-18(17)26(34)31(24)22-9-4-3-8-19(22)25(30)33/h1-4,6-9,11-12,14-15,24H,5,10,13H2,(H,27,28)(H,29,32)/t24-/m1/s1. The predicted molar refractivity (Wildman–Crippen MR) is 127 cm³/mol. The second-order valence-electron chi connectivity index (χ2n) is 8.44. The molecule has 0 spiro atoms. The first-order valence-corrected chi connectivity index (χ1v) is 11.2. The van der Waals surface area contributed by atoms with Crippen molar-refractivity contribution in [3.05, 3.63) is 89.7 Å². The van der Waals surface area contributed by atoms with Crippen LogP contribution in [-0.2, 0) is 4.79 Å². The predicted octanol–water partition coefficient (Wildman–Crippen LogP) is 4.10. The van der Waals surface area contributed by atoms with Crippen molar-refractivity contribution < 1.29 is 14.4 Å². The second kappa shape index (κ2) is 7.84. The van der Waals surface area contributed by atoms with Crippen LogP contribution >= 0.6 is 0 Å². The van der Waals surface area contributed by atoms with Gasteiger partial charge in [-0.05, 0) is 42.8 Å². The number of carbonyl (C=O) groups excluding carboxylic acids is 3. The Bertz CT molecular complexity index is 1460. The molecule has 3 amide bonds. The largest absolute Gasteiger partial charge is 0.345 e. The fraction of sp³-hybridized carbons (Fsp3) is 0.154. The summed E-state index contributed by atoms with van der Waals surface area (Å²) in [5, 5.41) is 2.90. The van der Waals surface area contributed by atoms with Crippen LogP contribution in [-0.4, -0.2) is 39.1 Å². The quantitative estimate of drug-likeness (QED) is 0.477. The summed E-state index contributed by atoms with van der Waals surface area (Å²) in [6.45, 7) is 0.350. The van der Waals surface area contributed by atoms with Crippen LogP contribution in [0.2, 0.25) is 0 Å². The summed E-state index contributed by atoms with van der Waals surface area (Å²) < 4.78 is 0. The number of nitrogens with zero attached hydrogens (tertiary/aromatic N) is 3. The number of benzene rings is 3. The molecule has 0 saturated heterocycles. The maximum atomic E-state index is 13.4. The molecule has 8 nitrogen and oxygen atoms in total. The van der Waals surface area contributed by atoms with E-state index in [4.69, 9.17) is 0 Å². The average molecular weight is 451 g/mol. The Morgan fingerprint density at radius 2 is 1.76 bits per heavy atom. The molecule has 0 aliphatic carbocycles. The Labute approximate surface area is 195 Å². The monoisotopic (exact) mass is 451 g/mol. The third-order valence-corrected chi connectivity index (χ3v) is 6.39. The first-order valence-electron chi connectivity index (χ1n) is 11.2. The van der Waals surface area contributed by atoms with E-state index in [1.807, 2.05) is 48.5 Å². The van der Waals surface area contributed by atoms with Crippen LogP contribution in [0.5, 0.6) is 0 Å². The van der Waals surface area contributed by atoms with Gasteiger partial charge in [-0.3, -0.25) is 19.3 Å². The Morgan fingerprint density at radius 3 is 2.65 bits per heavy atom. The van der Waals surface area contributed by atoms with E-state index in [0.717, 1.165) is 16.6 Å². The zero-order valence-electron chi connectivity index (χ0n) is 18.2. The van der Waals surface area contributed by atoms with Crippen molar-refractivity contribution in [3.63, 3.8) is 0 Å². The number of fused-ring (bicyclic) bond motifs is 6. The van der Waals surface area contributed by atoms with Gasteiger partial charge in [0, 0.05) is 29.8 Å². The lowest BCUT2D eigenvalue weighted by atomic mass is 10.0. The number of hydrogen-bond donors (Lipinski definition) is 2. The molecule has 168 valence electrons. The SMILES string of the molecule is O=C(CCCN1C(=O)c2ccccc2N2C(=O)c3ccccc3[C@H]12)Nc1ccc2nc[nH]c2c1. The van der Waals surface area contributed by atoms with E-state index < -0.39 is 6.17 Å². The molecule has 2 aliphatic heterocycles. The summed E-state index contributed by atoms with van der Waals surface area (Å²) in [7, 11) is 0. The zero-order valence-corrected chi connectivity index (χ0v) is 18.2. The molecule has 0 bridgehead atoms. The van der Waals surface area contributed by atoms with Crippen molar-refractivity contribution in [2.75, 3.05) is 16.8 Å². The van der Waals surface area contributed by atoms with E-state index >= 15 is 0 Å². The highest BCUT2D eigenvalue weighted by Gasteiger charge is 2.47. The van der Waals surface area contributed by atoms with Gasteiger partial charge in [0.2, 0.25) is 5.91 Å². The fourth-order valence-corrected chi connectivity index (χ4v) is 4.85. The molecular formula is C26H21N5O3. The average Bonchev–Trinajstić information content (AvgIpc) is 3.44. The lowest BCUT2D eigenvalue weighted by molar-refractivity contribution is -0.116. The molecule has 2 aliphatic rings. The first-order chi connectivity index (χ1) is 16.6. The molecule has 1 aromatic heterocycles. The summed E-state index contributed by atoms with van der Waals surface area (Å²) in [6.07, 6.45) is 1.82. The third-order valence-electron chi connectivity index (χ3n) is 6.39. The van der Waals surface area contributed by atoms with E-state index in [-0.39, 0.29) is 24.1 Å². The Hall–Kier alpha value is -4.46. The molecule has 0 saturated carbocycles. The van der Waals surface area contributed by atoms with E-state index in [9.17, 15) is 14.4 Å². The van der Waals surface area contributed by atoms with Crippen LogP contribution in [0.4, 0.5) is 11.4 Å². The maximum Gasteiger partial charge on any atom is 0.260 e. The van der Waals surface area contributed by atoms with E-state index in [1.54, 1.807) is 34.3 Å². The van der Waals surface area contributed by atoms with Gasteiger partial charge in [0.15, 0.2) is 0 Å². The van der Waals surface area contributed by atoms with Gasteiger partial charge >= 0.3 is 0 Å². The van der Waals surface area contributed by atoms with Crippen molar-refractivity contribution in [1.82, 2.24) is 14.9 Å². The van der Waals surface area contributed by atoms with Gasteiger partial charge < -0.3 is 15.2 Å². The van der Waals surface area contributed by atoms with Crippen molar-refractivity contribution >= 4 is 40.1 Å². The molecule has 8 heteroatoms. The summed E-state index contributed by atoms with van der Waals surface area (Å²) >= 11 is 0. The Kier molecular flexibility index (Phi) is 4.65. The van der Waals surface area contributed by atoms with Gasteiger partial charge in [0.05, 0.1) is 28.6 Å². The fourth-order valence-electron chi connectivity index (χ4n) is 4.85. The smallest absolute Gasteiger partial charge is 0.260 e. The van der Waals surface area contributed by atoms with E-state index in [2.05, 4.69) is 15.3 Å². The minimum absolute atomic E-state index is 0.113. The number of carbonyl (C=O) groups is 3. The van der Waals surface area contributed by atoms with Gasteiger partial charge in [0.25, 0.3) is 11.8 Å². The summed E-state index contributed by atoms with van der Waals surface area (Å²) in [6, 6.07) is 20.1. The summed E-state index contributed by atoms with van der Waals surface area (Å²) in [4.78, 5) is 49.8. The molecule has 3 heterocycles. The number of aromatic nitrogens is 2. The number of rotatable bonds is 5. The summed E-state index contributed by atoms with van der Waals surface area (Å²) in [5.41, 5.74) is 4.91. The van der Waals surface area contributed by atoms with Gasteiger partial charge in [-0.1, -0.05) is 30.3 Å². The number of amides is 3. The molecule has 0 fully saturated rings. The van der Waals surface area contributed by atoms with Crippen LogP contribution in [0.1, 0.15) is 45.3 Å². The molecular weight excluding hydrogens is 430 g/mol. The van der Waals surface area contributed by atoms with Crippen molar-refractivity contribution in [3.8, 4) is 0 Å². The number of aromatic amines is 1. The molecule has 4 aromatic rings. The molecule has 1 atom stereocenters. The van der Waals surface area contributed by atoms with Gasteiger partial charge in [-0.15, -0.1) is 0 Å². The maximum absolute atomic E-state index is 13.4. The number of hydrogen-bond acceptors (Lipinski definition) is 4. The van der Waals surface area contributed by atoms with Crippen LogP contribution in [0.25, 0.3) is 11.0 Å². The van der Waals surface area contributed by atoms with Crippen LogP contribution in [0, 0.1) is 0 Å². The van der Waals surface area contributed by atoms with Crippen LogP contribution in [0.15, 0.2) is 73.1 Å². The highest BCUT2D eigenvalue weighted by atomic mass is 16.2. The number of H-pyrrole nitrogens is 1. The third kappa shape index (κ3) is 3.14. The van der Waals surface area contributed by atoms with Crippen molar-refractivity contribution in [2.45, 2.75) is 19.0 Å². The number of imidazole rings is 1. The van der Waals surface area contributed by atoms with E-state index in [0.29, 0.717) is 35.5 Å². The molecule has 34 heavy (non-hydrogen) atoms. The van der Waals surface area contributed by atoms with E-state index in [1.165, 1.54) is 0 Å². The Morgan fingerprint density at radius 1 is 0.971 bits per heavy atom. The van der Waals surface area contributed by atoms with Crippen molar-refractivity contribution in [1.29, 1.82) is 0 Å². The summed E-state index contributed by atoms with van der Waals surface area (Å²) in [5.74, 6) is -0.382. The highest BCUT2D eigenvalue weighted by Crippen LogP contribution is 2.45. The number of nitrogens with one attached hydrogen (secondary N) is 2. The van der Waals surface area contributed by atoms with Crippen molar-refractivity contribution in [2.24, 2.45) is 0 Å². The normalized spacial score (nSPS) is 16.4. The zero-order chi connectivity index (χ0) is 23.2. The Balaban J connectivity index is 1.21. The lowest BCUT2D eigenvalue weighted by Gasteiger charge is -2.41. The number of anilines is 2. The van der Waals surface area contributed by atoms with Gasteiger partial charge in [0.1, 0.15) is 6.17 Å². The molecule has 3 aromatic carbocycles. The number of para-hydroxylation sites is 1. The minimum atomic E-state index is -0.503. The molecule has 6 rings (SSSR count). The second-order valence-corrected chi connectivity index (χ2v) is 8.44. The lowest BCUT2D eigenvalue weighted by Crippen LogP contribution is -2.48. The molecule has 0 unspecified atom stereocenters. The minimum Gasteiger partial charge on any atom is -0.345 e. The highest BCUT2D eigenvalue weighted by molar-refractivity contribution is 6.16. The van der Waals surface area contributed by atoms with Crippen LogP contribution < -0.4 is 10.2 Å². The van der Waals surface area contributed by atoms with Gasteiger partial charge in [-0.25, -0.2) is 4.98 Å².